The van der Waals surface area contributed by atoms with Crippen molar-refractivity contribution in [2.45, 2.75) is 19.9 Å². The maximum Gasteiger partial charge on any atom is 0.258 e. The van der Waals surface area contributed by atoms with E-state index in [0.717, 1.165) is 11.8 Å². The number of benzene rings is 2. The van der Waals surface area contributed by atoms with Crippen molar-refractivity contribution in [1.29, 1.82) is 0 Å². The van der Waals surface area contributed by atoms with Gasteiger partial charge in [-0.2, -0.15) is 0 Å². The van der Waals surface area contributed by atoms with Gasteiger partial charge in [-0.1, -0.05) is 19.1 Å². The van der Waals surface area contributed by atoms with Gasteiger partial charge in [0.05, 0.1) is 6.26 Å². The molecule has 0 saturated heterocycles. The molecule has 2 N–H and O–H groups in total. The summed E-state index contributed by atoms with van der Waals surface area (Å²) in [5.74, 6) is 0.231. The highest BCUT2D eigenvalue weighted by Gasteiger charge is 2.07. The van der Waals surface area contributed by atoms with Crippen LogP contribution in [0.2, 0.25) is 0 Å². The molecule has 8 heteroatoms. The van der Waals surface area contributed by atoms with E-state index in [2.05, 4.69) is 10.0 Å². The molecule has 0 spiro atoms. The van der Waals surface area contributed by atoms with Gasteiger partial charge in [-0.25, -0.2) is 8.42 Å². The zero-order valence-corrected chi connectivity index (χ0v) is 16.0. The highest BCUT2D eigenvalue weighted by atomic mass is 32.2. The van der Waals surface area contributed by atoms with Crippen molar-refractivity contribution in [1.82, 2.24) is 5.32 Å². The molecule has 0 bridgehead atoms. The normalized spacial score (nSPS) is 10.9. The van der Waals surface area contributed by atoms with Gasteiger partial charge in [0, 0.05) is 24.2 Å². The molecule has 0 heterocycles. The van der Waals surface area contributed by atoms with E-state index in [1.807, 2.05) is 0 Å². The fourth-order valence-electron chi connectivity index (χ4n) is 2.30. The third-order valence-electron chi connectivity index (χ3n) is 3.59. The number of anilines is 1. The number of carbonyl (C=O) groups excluding carboxylic acids is 2. The number of rotatable bonds is 9. The first-order chi connectivity index (χ1) is 12.8. The van der Waals surface area contributed by atoms with E-state index in [-0.39, 0.29) is 24.8 Å². The van der Waals surface area contributed by atoms with Crippen LogP contribution in [0.1, 0.15) is 29.3 Å². The van der Waals surface area contributed by atoms with Crippen LogP contribution in [0, 0.1) is 0 Å². The minimum Gasteiger partial charge on any atom is -0.484 e. The SMILES string of the molecule is CCC(=O)c1ccc(OCC(=O)NCc2cccc(NS(C)(=O)=O)c2)cc1. The fraction of sp³-hybridized carbons (Fsp3) is 0.263. The molecule has 0 aliphatic carbocycles. The molecule has 0 radical (unpaired) electrons. The lowest BCUT2D eigenvalue weighted by Gasteiger charge is -2.09. The van der Waals surface area contributed by atoms with Crippen LogP contribution in [0.4, 0.5) is 5.69 Å². The molecule has 0 aliphatic rings. The van der Waals surface area contributed by atoms with Gasteiger partial charge in [-0.15, -0.1) is 0 Å². The summed E-state index contributed by atoms with van der Waals surface area (Å²) in [4.78, 5) is 23.5. The standard InChI is InChI=1S/C19H22N2O5S/c1-3-18(22)15-7-9-17(10-8-15)26-13-19(23)20-12-14-5-4-6-16(11-14)21-27(2,24)25/h4-11,21H,3,12-13H2,1-2H3,(H,20,23). The van der Waals surface area contributed by atoms with Crippen molar-refractivity contribution >= 4 is 27.4 Å². The molecule has 2 rings (SSSR count). The third kappa shape index (κ3) is 7.10. The molecular weight excluding hydrogens is 368 g/mol. The second-order valence-electron chi connectivity index (χ2n) is 5.94. The number of ketones is 1. The number of sulfonamides is 1. The van der Waals surface area contributed by atoms with Crippen LogP contribution in [-0.4, -0.2) is 33.0 Å². The summed E-state index contributed by atoms with van der Waals surface area (Å²) in [6, 6.07) is 13.4. The van der Waals surface area contributed by atoms with Gasteiger partial charge < -0.3 is 10.1 Å². The maximum atomic E-state index is 11.9. The Labute approximate surface area is 158 Å². The summed E-state index contributed by atoms with van der Waals surface area (Å²) in [5.41, 5.74) is 1.79. The first-order valence-corrected chi connectivity index (χ1v) is 10.3. The Morgan fingerprint density at radius 2 is 1.78 bits per heavy atom. The first kappa shape index (κ1) is 20.4. The summed E-state index contributed by atoms with van der Waals surface area (Å²) in [5, 5.41) is 2.70. The average Bonchev–Trinajstić information content (AvgIpc) is 2.63. The number of ether oxygens (including phenoxy) is 1. The third-order valence-corrected chi connectivity index (χ3v) is 4.19. The second kappa shape index (κ2) is 9.18. The van der Waals surface area contributed by atoms with Gasteiger partial charge in [-0.3, -0.25) is 14.3 Å². The quantitative estimate of drug-likeness (QED) is 0.640. The van der Waals surface area contributed by atoms with Crippen LogP contribution >= 0.6 is 0 Å². The number of hydrogen-bond acceptors (Lipinski definition) is 5. The summed E-state index contributed by atoms with van der Waals surface area (Å²) in [6.45, 7) is 1.87. The minimum absolute atomic E-state index is 0.0480. The molecule has 0 saturated carbocycles. The van der Waals surface area contributed by atoms with Crippen LogP contribution in [0.15, 0.2) is 48.5 Å². The van der Waals surface area contributed by atoms with Gasteiger partial charge in [0.1, 0.15) is 5.75 Å². The monoisotopic (exact) mass is 390 g/mol. The van der Waals surface area contributed by atoms with Crippen molar-refractivity contribution in [2.75, 3.05) is 17.6 Å². The number of nitrogens with one attached hydrogen (secondary N) is 2. The van der Waals surface area contributed by atoms with E-state index in [1.165, 1.54) is 0 Å². The van der Waals surface area contributed by atoms with Crippen molar-refractivity contribution < 1.29 is 22.7 Å². The molecule has 7 nitrogen and oxygen atoms in total. The summed E-state index contributed by atoms with van der Waals surface area (Å²) in [7, 11) is -3.35. The van der Waals surface area contributed by atoms with E-state index < -0.39 is 10.0 Å². The Morgan fingerprint density at radius 1 is 1.07 bits per heavy atom. The predicted octanol–water partition coefficient (Wildman–Crippen LogP) is 2.35. The number of Topliss-reactive ketones (excluding diaryl/α,β-unsaturated/α-hetero) is 1. The van der Waals surface area contributed by atoms with E-state index in [1.54, 1.807) is 55.5 Å². The smallest absolute Gasteiger partial charge is 0.258 e. The molecular formula is C19H22N2O5S. The van der Waals surface area contributed by atoms with Crippen LogP contribution in [-0.2, 0) is 21.4 Å². The van der Waals surface area contributed by atoms with Crippen molar-refractivity contribution in [3.8, 4) is 5.75 Å². The molecule has 0 unspecified atom stereocenters. The average molecular weight is 390 g/mol. The maximum absolute atomic E-state index is 11.9. The molecule has 0 aromatic heterocycles. The second-order valence-corrected chi connectivity index (χ2v) is 7.69. The van der Waals surface area contributed by atoms with E-state index >= 15 is 0 Å². The molecule has 0 atom stereocenters. The van der Waals surface area contributed by atoms with Gasteiger partial charge in [-0.05, 0) is 42.0 Å². The lowest BCUT2D eigenvalue weighted by atomic mass is 10.1. The first-order valence-electron chi connectivity index (χ1n) is 8.36. The van der Waals surface area contributed by atoms with Crippen molar-refractivity contribution in [3.05, 3.63) is 59.7 Å². The van der Waals surface area contributed by atoms with Gasteiger partial charge in [0.15, 0.2) is 12.4 Å². The Bertz CT molecular complexity index is 908. The van der Waals surface area contributed by atoms with Crippen LogP contribution in [0.25, 0.3) is 0 Å². The van der Waals surface area contributed by atoms with Gasteiger partial charge in [0.25, 0.3) is 5.91 Å². The molecule has 144 valence electrons. The van der Waals surface area contributed by atoms with Crippen LogP contribution < -0.4 is 14.8 Å². The number of carbonyl (C=O) groups is 2. The van der Waals surface area contributed by atoms with E-state index in [0.29, 0.717) is 23.4 Å². The molecule has 0 aliphatic heterocycles. The number of hydrogen-bond donors (Lipinski definition) is 2. The summed E-state index contributed by atoms with van der Waals surface area (Å²) in [6.07, 6.45) is 1.51. The summed E-state index contributed by atoms with van der Waals surface area (Å²) >= 11 is 0. The lowest BCUT2D eigenvalue weighted by molar-refractivity contribution is -0.123. The Morgan fingerprint density at radius 3 is 2.41 bits per heavy atom. The zero-order chi connectivity index (χ0) is 19.9. The Hall–Kier alpha value is -2.87. The highest BCUT2D eigenvalue weighted by molar-refractivity contribution is 7.92. The van der Waals surface area contributed by atoms with E-state index in [4.69, 9.17) is 4.74 Å². The van der Waals surface area contributed by atoms with Gasteiger partial charge >= 0.3 is 0 Å². The predicted molar refractivity (Wildman–Crippen MR) is 103 cm³/mol. The van der Waals surface area contributed by atoms with E-state index in [9.17, 15) is 18.0 Å². The Balaban J connectivity index is 1.82. The molecule has 2 aromatic carbocycles. The molecule has 27 heavy (non-hydrogen) atoms. The Kier molecular flexibility index (Phi) is 6.95. The topological polar surface area (TPSA) is 102 Å². The zero-order valence-electron chi connectivity index (χ0n) is 15.2. The van der Waals surface area contributed by atoms with Crippen LogP contribution in [0.5, 0.6) is 5.75 Å². The lowest BCUT2D eigenvalue weighted by Crippen LogP contribution is -2.28. The minimum atomic E-state index is -3.35. The van der Waals surface area contributed by atoms with Crippen molar-refractivity contribution in [2.24, 2.45) is 0 Å². The fourth-order valence-corrected chi connectivity index (χ4v) is 2.86. The van der Waals surface area contributed by atoms with Gasteiger partial charge in [0.2, 0.25) is 10.0 Å². The highest BCUT2D eigenvalue weighted by Crippen LogP contribution is 2.14. The molecule has 2 aromatic rings. The molecule has 1 amide bonds. The summed E-state index contributed by atoms with van der Waals surface area (Å²) < 4.78 is 30.3. The van der Waals surface area contributed by atoms with Crippen LogP contribution in [0.3, 0.4) is 0 Å². The number of amides is 1. The van der Waals surface area contributed by atoms with Crippen molar-refractivity contribution in [3.63, 3.8) is 0 Å². The largest absolute Gasteiger partial charge is 0.484 e. The molecule has 0 fully saturated rings.